The standard InChI is InChI=1S/C16H13NOS/c1-10-6-7-12-14(8-10)19-15(16(12)18)9-11-4-2-3-5-13(11)17/h2-9H,17H2,1H3. The van der Waals surface area contributed by atoms with Crippen molar-refractivity contribution < 1.29 is 4.79 Å². The summed E-state index contributed by atoms with van der Waals surface area (Å²) in [6.45, 7) is 2.03. The van der Waals surface area contributed by atoms with Crippen molar-refractivity contribution in [2.24, 2.45) is 0 Å². The molecule has 0 unspecified atom stereocenters. The van der Waals surface area contributed by atoms with Gasteiger partial charge < -0.3 is 5.73 Å². The highest BCUT2D eigenvalue weighted by Gasteiger charge is 2.25. The fourth-order valence-electron chi connectivity index (χ4n) is 2.08. The molecule has 0 bridgehead atoms. The number of rotatable bonds is 1. The highest BCUT2D eigenvalue weighted by Crippen LogP contribution is 2.41. The first-order valence-corrected chi connectivity index (χ1v) is 6.86. The number of fused-ring (bicyclic) bond motifs is 1. The van der Waals surface area contributed by atoms with Crippen LogP contribution in [0.25, 0.3) is 6.08 Å². The summed E-state index contributed by atoms with van der Waals surface area (Å²) in [6, 6.07) is 13.5. The molecule has 0 spiro atoms. The van der Waals surface area contributed by atoms with E-state index in [-0.39, 0.29) is 5.78 Å². The van der Waals surface area contributed by atoms with Crippen LogP contribution in [-0.4, -0.2) is 5.78 Å². The number of carbonyl (C=O) groups excluding carboxylic acids is 1. The third-order valence-electron chi connectivity index (χ3n) is 3.11. The van der Waals surface area contributed by atoms with Gasteiger partial charge in [-0.3, -0.25) is 4.79 Å². The van der Waals surface area contributed by atoms with E-state index in [1.807, 2.05) is 55.5 Å². The number of para-hydroxylation sites is 1. The smallest absolute Gasteiger partial charge is 0.200 e. The Morgan fingerprint density at radius 2 is 1.95 bits per heavy atom. The number of ketones is 1. The van der Waals surface area contributed by atoms with Crippen LogP contribution in [0.2, 0.25) is 0 Å². The van der Waals surface area contributed by atoms with E-state index in [4.69, 9.17) is 5.73 Å². The van der Waals surface area contributed by atoms with E-state index in [2.05, 4.69) is 0 Å². The van der Waals surface area contributed by atoms with Crippen LogP contribution >= 0.6 is 11.8 Å². The summed E-state index contributed by atoms with van der Waals surface area (Å²) in [4.78, 5) is 14.1. The lowest BCUT2D eigenvalue weighted by molar-refractivity contribution is 0.104. The number of thioether (sulfide) groups is 1. The summed E-state index contributed by atoms with van der Waals surface area (Å²) < 4.78 is 0. The number of benzene rings is 2. The summed E-state index contributed by atoms with van der Waals surface area (Å²) >= 11 is 1.52. The largest absolute Gasteiger partial charge is 0.398 e. The molecule has 3 heteroatoms. The van der Waals surface area contributed by atoms with Gasteiger partial charge in [0, 0.05) is 16.1 Å². The van der Waals surface area contributed by atoms with E-state index in [0.717, 1.165) is 20.9 Å². The SMILES string of the molecule is Cc1ccc2c(c1)SC(=Cc1ccccc1N)C2=O. The van der Waals surface area contributed by atoms with Crippen molar-refractivity contribution in [2.75, 3.05) is 5.73 Å². The second-order valence-corrected chi connectivity index (χ2v) is 5.65. The third-order valence-corrected chi connectivity index (χ3v) is 4.19. The topological polar surface area (TPSA) is 43.1 Å². The molecule has 0 aliphatic carbocycles. The first-order chi connectivity index (χ1) is 9.15. The average molecular weight is 267 g/mol. The fourth-order valence-corrected chi connectivity index (χ4v) is 3.22. The summed E-state index contributed by atoms with van der Waals surface area (Å²) in [6.07, 6.45) is 1.87. The fraction of sp³-hybridized carbons (Fsp3) is 0.0625. The van der Waals surface area contributed by atoms with Crippen molar-refractivity contribution in [3.05, 3.63) is 64.1 Å². The highest BCUT2D eigenvalue weighted by molar-refractivity contribution is 8.04. The van der Waals surface area contributed by atoms with E-state index in [1.54, 1.807) is 0 Å². The molecule has 2 nitrogen and oxygen atoms in total. The monoisotopic (exact) mass is 267 g/mol. The maximum atomic E-state index is 12.3. The minimum Gasteiger partial charge on any atom is -0.398 e. The Kier molecular flexibility index (Phi) is 2.91. The Hall–Kier alpha value is -2.00. The summed E-state index contributed by atoms with van der Waals surface area (Å²) in [5, 5.41) is 0. The lowest BCUT2D eigenvalue weighted by Crippen LogP contribution is -1.95. The van der Waals surface area contributed by atoms with Gasteiger partial charge in [-0.2, -0.15) is 0 Å². The summed E-state index contributed by atoms with van der Waals surface area (Å²) in [7, 11) is 0. The molecule has 3 rings (SSSR count). The number of carbonyl (C=O) groups is 1. The van der Waals surface area contributed by atoms with Crippen LogP contribution in [0.3, 0.4) is 0 Å². The summed E-state index contributed by atoms with van der Waals surface area (Å²) in [5.74, 6) is 0.0863. The maximum Gasteiger partial charge on any atom is 0.200 e. The Labute approximate surface area is 116 Å². The predicted octanol–water partition coefficient (Wildman–Crippen LogP) is 3.91. The Morgan fingerprint density at radius 3 is 2.74 bits per heavy atom. The van der Waals surface area contributed by atoms with Crippen LogP contribution in [0.1, 0.15) is 21.5 Å². The minimum atomic E-state index is 0.0863. The van der Waals surface area contributed by atoms with Crippen LogP contribution in [-0.2, 0) is 0 Å². The van der Waals surface area contributed by atoms with Gasteiger partial charge in [-0.25, -0.2) is 0 Å². The van der Waals surface area contributed by atoms with Crippen LogP contribution in [0.15, 0.2) is 52.3 Å². The number of anilines is 1. The van der Waals surface area contributed by atoms with Gasteiger partial charge in [-0.1, -0.05) is 36.0 Å². The van der Waals surface area contributed by atoms with Gasteiger partial charge in [-0.15, -0.1) is 0 Å². The van der Waals surface area contributed by atoms with Crippen molar-refractivity contribution in [2.45, 2.75) is 11.8 Å². The van der Waals surface area contributed by atoms with Crippen molar-refractivity contribution in [3.8, 4) is 0 Å². The first kappa shape index (κ1) is 12.1. The van der Waals surface area contributed by atoms with Gasteiger partial charge >= 0.3 is 0 Å². The van der Waals surface area contributed by atoms with Gasteiger partial charge in [0.2, 0.25) is 5.78 Å². The number of Topliss-reactive ketones (excluding diaryl/α,β-unsaturated/α-hetero) is 1. The van der Waals surface area contributed by atoms with Crippen molar-refractivity contribution in [1.82, 2.24) is 0 Å². The molecule has 0 atom stereocenters. The Bertz CT molecular complexity index is 704. The number of nitrogens with two attached hydrogens (primary N) is 1. The van der Waals surface area contributed by atoms with Crippen LogP contribution < -0.4 is 5.73 Å². The zero-order valence-electron chi connectivity index (χ0n) is 10.5. The Morgan fingerprint density at radius 1 is 1.16 bits per heavy atom. The predicted molar refractivity (Wildman–Crippen MR) is 80.2 cm³/mol. The molecule has 2 aromatic carbocycles. The molecule has 2 aromatic rings. The molecule has 0 aromatic heterocycles. The number of aryl methyl sites for hydroxylation is 1. The molecule has 0 fully saturated rings. The lowest BCUT2D eigenvalue weighted by atomic mass is 10.1. The molecular formula is C16H13NOS. The average Bonchev–Trinajstić information content (AvgIpc) is 2.68. The molecule has 2 N–H and O–H groups in total. The number of nitrogen functional groups attached to an aromatic ring is 1. The zero-order chi connectivity index (χ0) is 13.4. The van der Waals surface area contributed by atoms with Gasteiger partial charge in [0.15, 0.2) is 0 Å². The number of hydrogen-bond donors (Lipinski definition) is 1. The molecule has 1 heterocycles. The zero-order valence-corrected chi connectivity index (χ0v) is 11.3. The lowest BCUT2D eigenvalue weighted by Gasteiger charge is -2.00. The van der Waals surface area contributed by atoms with Crippen molar-refractivity contribution in [3.63, 3.8) is 0 Å². The highest BCUT2D eigenvalue weighted by atomic mass is 32.2. The van der Waals surface area contributed by atoms with Crippen molar-refractivity contribution in [1.29, 1.82) is 0 Å². The molecule has 1 aliphatic rings. The van der Waals surface area contributed by atoms with E-state index >= 15 is 0 Å². The minimum absolute atomic E-state index is 0.0863. The molecular weight excluding hydrogens is 254 g/mol. The van der Waals surface area contributed by atoms with Gasteiger partial charge in [0.1, 0.15) is 0 Å². The van der Waals surface area contributed by atoms with Gasteiger partial charge in [-0.05, 0) is 42.3 Å². The first-order valence-electron chi connectivity index (χ1n) is 6.04. The van der Waals surface area contributed by atoms with E-state index in [0.29, 0.717) is 5.69 Å². The number of allylic oxidation sites excluding steroid dienone is 1. The molecule has 0 amide bonds. The van der Waals surface area contributed by atoms with E-state index in [1.165, 1.54) is 17.3 Å². The Balaban J connectivity index is 2.02. The molecule has 0 radical (unpaired) electrons. The molecule has 19 heavy (non-hydrogen) atoms. The molecule has 94 valence electrons. The second kappa shape index (κ2) is 4.59. The second-order valence-electron chi connectivity index (χ2n) is 4.57. The van der Waals surface area contributed by atoms with Crippen LogP contribution in [0.4, 0.5) is 5.69 Å². The summed E-state index contributed by atoms with van der Waals surface area (Å²) in [5.41, 5.74) is 9.44. The van der Waals surface area contributed by atoms with Gasteiger partial charge in [0.05, 0.1) is 4.91 Å². The number of hydrogen-bond acceptors (Lipinski definition) is 3. The normalized spacial score (nSPS) is 15.8. The van der Waals surface area contributed by atoms with E-state index < -0.39 is 0 Å². The van der Waals surface area contributed by atoms with Crippen LogP contribution in [0, 0.1) is 6.92 Å². The van der Waals surface area contributed by atoms with Crippen LogP contribution in [0.5, 0.6) is 0 Å². The van der Waals surface area contributed by atoms with Gasteiger partial charge in [0.25, 0.3) is 0 Å². The maximum absolute atomic E-state index is 12.3. The quantitative estimate of drug-likeness (QED) is 0.629. The van der Waals surface area contributed by atoms with Crippen molar-refractivity contribution >= 4 is 29.3 Å². The molecule has 0 saturated carbocycles. The van der Waals surface area contributed by atoms with E-state index in [9.17, 15) is 4.79 Å². The molecule has 0 saturated heterocycles. The molecule has 1 aliphatic heterocycles. The third kappa shape index (κ3) is 2.17.